The van der Waals surface area contributed by atoms with Gasteiger partial charge in [0.15, 0.2) is 0 Å². The number of carbonyl (C=O) groups excluding carboxylic acids is 2. The molecule has 0 spiro atoms. The van der Waals surface area contributed by atoms with Crippen molar-refractivity contribution >= 4 is 67.4 Å². The number of thiophene rings is 1. The number of amides is 2. The van der Waals surface area contributed by atoms with Gasteiger partial charge in [0.05, 0.1) is 11.3 Å². The van der Waals surface area contributed by atoms with Crippen LogP contribution in [0.2, 0.25) is 0 Å². The first-order valence-corrected chi connectivity index (χ1v) is 15.4. The summed E-state index contributed by atoms with van der Waals surface area (Å²) >= 11 is 2.73. The second-order valence-electron chi connectivity index (χ2n) is 9.32. The van der Waals surface area contributed by atoms with Crippen molar-refractivity contribution < 1.29 is 27.9 Å². The Morgan fingerprint density at radius 3 is 2.54 bits per heavy atom. The van der Waals surface area contributed by atoms with Gasteiger partial charge in [0.25, 0.3) is 5.91 Å². The van der Waals surface area contributed by atoms with E-state index in [9.17, 15) is 27.9 Å². The van der Waals surface area contributed by atoms with Crippen molar-refractivity contribution in [2.75, 3.05) is 31.3 Å². The Labute approximate surface area is 233 Å². The molecule has 3 aromatic rings. The van der Waals surface area contributed by atoms with E-state index in [4.69, 9.17) is 0 Å². The normalized spacial score (nSPS) is 19.0. The SMILES string of the molecule is CN(C)c1cccc2c(S(=O)(=O)NCC3=C(C(=O)O)N4C(=O)[C@H](NC(=O)Cc5cccs5)[C@H]4SC3)cccc12. The van der Waals surface area contributed by atoms with E-state index in [1.807, 2.05) is 48.6 Å². The molecular weight excluding hydrogens is 561 g/mol. The topological polar surface area (TPSA) is 136 Å². The molecule has 2 aromatic carbocycles. The minimum Gasteiger partial charge on any atom is -0.477 e. The summed E-state index contributed by atoms with van der Waals surface area (Å²) in [6.45, 7) is -0.271. The van der Waals surface area contributed by atoms with E-state index in [0.29, 0.717) is 5.39 Å². The molecule has 0 bridgehead atoms. The van der Waals surface area contributed by atoms with Gasteiger partial charge in [0.1, 0.15) is 17.1 Å². The molecule has 204 valence electrons. The van der Waals surface area contributed by atoms with E-state index in [1.54, 1.807) is 18.2 Å². The minimum atomic E-state index is -4.02. The van der Waals surface area contributed by atoms with Crippen LogP contribution in [0.5, 0.6) is 0 Å². The average Bonchev–Trinajstić information content (AvgIpc) is 3.42. The van der Waals surface area contributed by atoms with Gasteiger partial charge in [0, 0.05) is 47.7 Å². The number of nitrogens with zero attached hydrogens (tertiary/aromatic N) is 2. The van der Waals surface area contributed by atoms with Crippen LogP contribution in [0.1, 0.15) is 4.88 Å². The summed E-state index contributed by atoms with van der Waals surface area (Å²) in [5.41, 5.74) is 0.893. The lowest BCUT2D eigenvalue weighted by Crippen LogP contribution is -2.70. The first-order valence-electron chi connectivity index (χ1n) is 12.0. The number of benzene rings is 2. The molecule has 3 N–H and O–H groups in total. The highest BCUT2D eigenvalue weighted by Crippen LogP contribution is 2.40. The van der Waals surface area contributed by atoms with Crippen molar-refractivity contribution in [3.05, 3.63) is 70.1 Å². The van der Waals surface area contributed by atoms with Gasteiger partial charge >= 0.3 is 5.97 Å². The number of hydrogen-bond donors (Lipinski definition) is 3. The number of fused-ring (bicyclic) bond motifs is 2. The van der Waals surface area contributed by atoms with Gasteiger partial charge in [-0.3, -0.25) is 14.5 Å². The maximum atomic E-state index is 13.3. The zero-order valence-corrected chi connectivity index (χ0v) is 23.5. The van der Waals surface area contributed by atoms with Gasteiger partial charge < -0.3 is 15.3 Å². The molecule has 2 atom stereocenters. The molecule has 3 heterocycles. The fraction of sp³-hybridized carbons (Fsp3) is 0.269. The Morgan fingerprint density at radius 1 is 1.10 bits per heavy atom. The van der Waals surface area contributed by atoms with Gasteiger partial charge in [-0.25, -0.2) is 17.9 Å². The van der Waals surface area contributed by atoms with Crippen LogP contribution >= 0.6 is 23.1 Å². The molecule has 2 aliphatic rings. The molecule has 1 saturated heterocycles. The van der Waals surface area contributed by atoms with Crippen LogP contribution in [0, 0.1) is 0 Å². The highest BCUT2D eigenvalue weighted by molar-refractivity contribution is 8.00. The highest BCUT2D eigenvalue weighted by atomic mass is 32.2. The van der Waals surface area contributed by atoms with E-state index < -0.39 is 33.3 Å². The van der Waals surface area contributed by atoms with Crippen LogP contribution in [0.3, 0.4) is 0 Å². The molecule has 10 nitrogen and oxygen atoms in total. The third-order valence-electron chi connectivity index (χ3n) is 6.59. The Morgan fingerprint density at radius 2 is 1.85 bits per heavy atom. The monoisotopic (exact) mass is 586 g/mol. The van der Waals surface area contributed by atoms with Crippen LogP contribution in [-0.4, -0.2) is 74.0 Å². The Hall–Kier alpha value is -3.39. The number of nitrogens with one attached hydrogen (secondary N) is 2. The molecule has 0 radical (unpaired) electrons. The van der Waals surface area contributed by atoms with Gasteiger partial charge in [-0.15, -0.1) is 23.1 Å². The van der Waals surface area contributed by atoms with E-state index in [0.717, 1.165) is 20.9 Å². The molecule has 0 saturated carbocycles. The lowest BCUT2D eigenvalue weighted by molar-refractivity contribution is -0.150. The summed E-state index contributed by atoms with van der Waals surface area (Å²) in [5, 5.41) is 15.2. The number of anilines is 1. The molecule has 0 unspecified atom stereocenters. The second-order valence-corrected chi connectivity index (χ2v) is 13.2. The van der Waals surface area contributed by atoms with Gasteiger partial charge in [0.2, 0.25) is 15.9 Å². The van der Waals surface area contributed by atoms with Crippen molar-refractivity contribution in [2.45, 2.75) is 22.7 Å². The molecule has 1 fully saturated rings. The molecule has 13 heteroatoms. The number of carboxylic acid groups (broad SMARTS) is 1. The van der Waals surface area contributed by atoms with Gasteiger partial charge in [-0.1, -0.05) is 30.3 Å². The van der Waals surface area contributed by atoms with Crippen LogP contribution in [0.25, 0.3) is 10.8 Å². The van der Waals surface area contributed by atoms with Crippen molar-refractivity contribution in [3.8, 4) is 0 Å². The third kappa shape index (κ3) is 5.14. The molecule has 1 aromatic heterocycles. The summed E-state index contributed by atoms with van der Waals surface area (Å²) < 4.78 is 29.2. The zero-order valence-electron chi connectivity index (χ0n) is 21.1. The van der Waals surface area contributed by atoms with Crippen LogP contribution < -0.4 is 14.9 Å². The Bertz CT molecular complexity index is 1600. The Balaban J connectivity index is 1.34. The molecule has 2 amide bonds. The van der Waals surface area contributed by atoms with Crippen molar-refractivity contribution in [1.82, 2.24) is 14.9 Å². The lowest BCUT2D eigenvalue weighted by Gasteiger charge is -2.49. The van der Waals surface area contributed by atoms with Gasteiger partial charge in [-0.2, -0.15) is 0 Å². The lowest BCUT2D eigenvalue weighted by atomic mass is 10.0. The molecular formula is C26H26N4O6S3. The van der Waals surface area contributed by atoms with E-state index in [-0.39, 0.29) is 40.8 Å². The predicted molar refractivity (Wildman–Crippen MR) is 151 cm³/mol. The van der Waals surface area contributed by atoms with Crippen LogP contribution in [0.15, 0.2) is 70.1 Å². The number of rotatable bonds is 9. The first-order chi connectivity index (χ1) is 18.6. The van der Waals surface area contributed by atoms with Crippen LogP contribution in [-0.2, 0) is 30.8 Å². The minimum absolute atomic E-state index is 0.0797. The van der Waals surface area contributed by atoms with E-state index in [1.165, 1.54) is 29.2 Å². The number of aliphatic carboxylic acids is 1. The van der Waals surface area contributed by atoms with Crippen LogP contribution in [0.4, 0.5) is 5.69 Å². The predicted octanol–water partition coefficient (Wildman–Crippen LogP) is 2.23. The quantitative estimate of drug-likeness (QED) is 0.325. The number of carbonyl (C=O) groups is 3. The van der Waals surface area contributed by atoms with Crippen molar-refractivity contribution in [2.24, 2.45) is 0 Å². The third-order valence-corrected chi connectivity index (χ3v) is 10.3. The zero-order chi connectivity index (χ0) is 27.9. The van der Waals surface area contributed by atoms with Gasteiger partial charge in [-0.05, 0) is 29.2 Å². The molecule has 39 heavy (non-hydrogen) atoms. The highest BCUT2D eigenvalue weighted by Gasteiger charge is 2.54. The number of β-lactam (4-membered cyclic amide) rings is 1. The fourth-order valence-corrected chi connectivity index (χ4v) is 8.06. The number of sulfonamides is 1. The first kappa shape index (κ1) is 27.2. The molecule has 0 aliphatic carbocycles. The molecule has 2 aliphatic heterocycles. The Kier molecular flexibility index (Phi) is 7.42. The maximum absolute atomic E-state index is 13.3. The smallest absolute Gasteiger partial charge is 0.352 e. The number of thioether (sulfide) groups is 1. The summed E-state index contributed by atoms with van der Waals surface area (Å²) in [5.74, 6) is -1.99. The van der Waals surface area contributed by atoms with E-state index >= 15 is 0 Å². The standard InChI is InChI=1S/C26H26N4O6S3/c1-29(2)19-9-3-8-18-17(19)7-4-10-20(18)39(35,36)27-13-15-14-38-25-22(24(32)30(25)23(15)26(33)34)28-21(31)12-16-6-5-11-37-16/h3-11,22,25,27H,12-14H2,1-2H3,(H,28,31)(H,33,34)/t22-,25+/m0/s1. The summed E-state index contributed by atoms with van der Waals surface area (Å²) in [7, 11) is -0.272. The number of hydrogen-bond acceptors (Lipinski definition) is 8. The maximum Gasteiger partial charge on any atom is 0.352 e. The summed E-state index contributed by atoms with van der Waals surface area (Å²) in [6, 6.07) is 13.2. The van der Waals surface area contributed by atoms with Crippen molar-refractivity contribution in [3.63, 3.8) is 0 Å². The van der Waals surface area contributed by atoms with E-state index in [2.05, 4.69) is 10.0 Å². The largest absolute Gasteiger partial charge is 0.477 e. The van der Waals surface area contributed by atoms with Crippen molar-refractivity contribution in [1.29, 1.82) is 0 Å². The summed E-state index contributed by atoms with van der Waals surface area (Å²) in [4.78, 5) is 41.5. The second kappa shape index (κ2) is 10.6. The average molecular weight is 587 g/mol. The summed E-state index contributed by atoms with van der Waals surface area (Å²) in [6.07, 6.45) is 0.137. The molecule has 5 rings (SSSR count). The number of carboxylic acids is 1. The fourth-order valence-electron chi connectivity index (χ4n) is 4.76.